The van der Waals surface area contributed by atoms with Crippen LogP contribution in [0.4, 0.5) is 0 Å². The van der Waals surface area contributed by atoms with Crippen molar-refractivity contribution >= 4 is 8.45 Å². The fourth-order valence-electron chi connectivity index (χ4n) is 1.67. The van der Waals surface area contributed by atoms with Gasteiger partial charge in [-0.05, 0) is 36.4 Å². The van der Waals surface area contributed by atoms with Gasteiger partial charge in [0, 0.05) is 24.8 Å². The van der Waals surface area contributed by atoms with E-state index in [2.05, 4.69) is 8.68 Å². The summed E-state index contributed by atoms with van der Waals surface area (Å²) >= 11 is 0. The number of hydrogen-bond acceptors (Lipinski definition) is 1. The molecule has 0 bridgehead atoms. The van der Waals surface area contributed by atoms with Crippen molar-refractivity contribution in [1.29, 1.82) is 0 Å². The van der Waals surface area contributed by atoms with Crippen LogP contribution in [-0.4, -0.2) is 8.68 Å². The Kier molecular flexibility index (Phi) is 3.16. The highest BCUT2D eigenvalue weighted by molar-refractivity contribution is 7.49. The number of rotatable bonds is 4. The third-order valence-corrected chi connectivity index (χ3v) is 4.20. The number of hydrogen-bond donors (Lipinski definition) is 0. The average Bonchev–Trinajstić information content (AvgIpc) is 3.11. The van der Waals surface area contributed by atoms with E-state index in [-0.39, 0.29) is 0 Å². The van der Waals surface area contributed by atoms with Gasteiger partial charge in [0.25, 0.3) is 0 Å². The first-order chi connectivity index (χ1) is 8.93. The molecule has 2 aromatic heterocycles. The molecule has 0 aliphatic carbocycles. The van der Waals surface area contributed by atoms with Crippen LogP contribution in [0.5, 0.6) is 5.75 Å². The van der Waals surface area contributed by atoms with E-state index in [4.69, 9.17) is 4.52 Å². The quantitative estimate of drug-likeness (QED) is 0.646. The summed E-state index contributed by atoms with van der Waals surface area (Å²) in [6.07, 6.45) is 8.09. The lowest BCUT2D eigenvalue weighted by Gasteiger charge is -2.19. The number of nitrogens with zero attached hydrogens (tertiary/aromatic N) is 2. The summed E-state index contributed by atoms with van der Waals surface area (Å²) in [5.74, 6) is 0.881. The zero-order valence-corrected chi connectivity index (χ0v) is 10.6. The van der Waals surface area contributed by atoms with Crippen LogP contribution in [-0.2, 0) is 0 Å². The van der Waals surface area contributed by atoms with Gasteiger partial charge in [-0.25, -0.2) is 0 Å². The highest BCUT2D eigenvalue weighted by Gasteiger charge is 2.14. The lowest BCUT2D eigenvalue weighted by molar-refractivity contribution is 0.593. The maximum Gasteiger partial charge on any atom is 0.317 e. The van der Waals surface area contributed by atoms with Crippen LogP contribution >= 0.6 is 8.45 Å². The van der Waals surface area contributed by atoms with Gasteiger partial charge >= 0.3 is 8.45 Å². The van der Waals surface area contributed by atoms with Gasteiger partial charge in [0.1, 0.15) is 5.75 Å². The topological polar surface area (TPSA) is 19.1 Å². The minimum Gasteiger partial charge on any atom is -0.436 e. The Labute approximate surface area is 107 Å². The van der Waals surface area contributed by atoms with Crippen LogP contribution in [0.1, 0.15) is 0 Å². The number of aromatic nitrogens is 2. The number of para-hydroxylation sites is 1. The van der Waals surface area contributed by atoms with Crippen molar-refractivity contribution in [3.05, 3.63) is 79.4 Å². The Morgan fingerprint density at radius 3 is 1.67 bits per heavy atom. The first-order valence-corrected chi connectivity index (χ1v) is 6.90. The molecule has 0 radical (unpaired) electrons. The molecule has 3 rings (SSSR count). The zero-order valence-electron chi connectivity index (χ0n) is 9.76. The summed E-state index contributed by atoms with van der Waals surface area (Å²) in [5.41, 5.74) is 0. The molecule has 2 heterocycles. The molecule has 18 heavy (non-hydrogen) atoms. The minimum atomic E-state index is -0.920. The lowest BCUT2D eigenvalue weighted by atomic mass is 10.3. The van der Waals surface area contributed by atoms with E-state index >= 15 is 0 Å². The van der Waals surface area contributed by atoms with E-state index in [0.29, 0.717) is 0 Å². The van der Waals surface area contributed by atoms with Gasteiger partial charge < -0.3 is 4.52 Å². The van der Waals surface area contributed by atoms with Crippen molar-refractivity contribution in [3.8, 4) is 5.75 Å². The molecule has 0 spiro atoms. The molecule has 0 saturated carbocycles. The highest BCUT2D eigenvalue weighted by Crippen LogP contribution is 2.40. The van der Waals surface area contributed by atoms with Gasteiger partial charge in [0.2, 0.25) is 0 Å². The Morgan fingerprint density at radius 1 is 0.667 bits per heavy atom. The molecule has 1 aromatic carbocycles. The monoisotopic (exact) mass is 256 g/mol. The van der Waals surface area contributed by atoms with Crippen LogP contribution < -0.4 is 4.52 Å². The fourth-order valence-corrected chi connectivity index (χ4v) is 3.17. The van der Waals surface area contributed by atoms with Gasteiger partial charge in [0.15, 0.2) is 0 Å². The molecule has 4 heteroatoms. The lowest BCUT2D eigenvalue weighted by Crippen LogP contribution is -2.03. The summed E-state index contributed by atoms with van der Waals surface area (Å²) in [5, 5.41) is 0. The molecule has 0 aliphatic rings. The molecule has 0 atom stereocenters. The Hall–Kier alpha value is -1.99. The molecule has 3 nitrogen and oxygen atoms in total. The Morgan fingerprint density at radius 2 is 1.17 bits per heavy atom. The van der Waals surface area contributed by atoms with E-state index in [9.17, 15) is 0 Å². The minimum absolute atomic E-state index is 0.881. The molecule has 0 amide bonds. The normalized spacial score (nSPS) is 10.7. The van der Waals surface area contributed by atoms with Gasteiger partial charge in [-0.2, -0.15) is 0 Å². The van der Waals surface area contributed by atoms with Crippen molar-refractivity contribution in [2.45, 2.75) is 0 Å². The Balaban J connectivity index is 1.92. The third-order valence-electron chi connectivity index (χ3n) is 2.50. The van der Waals surface area contributed by atoms with E-state index in [1.54, 1.807) is 0 Å². The van der Waals surface area contributed by atoms with E-state index in [1.807, 2.05) is 79.4 Å². The second kappa shape index (κ2) is 5.11. The van der Waals surface area contributed by atoms with E-state index in [0.717, 1.165) is 5.75 Å². The molecule has 0 N–H and O–H groups in total. The van der Waals surface area contributed by atoms with Crippen molar-refractivity contribution in [1.82, 2.24) is 8.68 Å². The fraction of sp³-hybridized carbons (Fsp3) is 0. The van der Waals surface area contributed by atoms with Crippen LogP contribution in [0.25, 0.3) is 0 Å². The van der Waals surface area contributed by atoms with Gasteiger partial charge in [-0.15, -0.1) is 0 Å². The molecule has 3 aromatic rings. The first-order valence-electron chi connectivity index (χ1n) is 5.73. The highest BCUT2D eigenvalue weighted by atomic mass is 31.2. The van der Waals surface area contributed by atoms with E-state index < -0.39 is 8.45 Å². The molecule has 0 saturated heterocycles. The largest absolute Gasteiger partial charge is 0.436 e. The van der Waals surface area contributed by atoms with Crippen LogP contribution in [0.3, 0.4) is 0 Å². The van der Waals surface area contributed by atoms with Gasteiger partial charge in [-0.1, -0.05) is 18.2 Å². The van der Waals surface area contributed by atoms with Crippen LogP contribution in [0.2, 0.25) is 0 Å². The Bertz CT molecular complexity index is 541. The summed E-state index contributed by atoms with van der Waals surface area (Å²) in [6.45, 7) is 0. The summed E-state index contributed by atoms with van der Waals surface area (Å²) in [6, 6.07) is 17.9. The third kappa shape index (κ3) is 2.31. The molecule has 0 unspecified atom stereocenters. The zero-order chi connectivity index (χ0) is 12.2. The first kappa shape index (κ1) is 11.1. The summed E-state index contributed by atoms with van der Waals surface area (Å²) in [7, 11) is -0.920. The second-order valence-corrected chi connectivity index (χ2v) is 5.40. The smallest absolute Gasteiger partial charge is 0.317 e. The predicted octanol–water partition coefficient (Wildman–Crippen LogP) is 3.99. The van der Waals surface area contributed by atoms with Crippen LogP contribution in [0, 0.1) is 0 Å². The predicted molar refractivity (Wildman–Crippen MR) is 73.7 cm³/mol. The van der Waals surface area contributed by atoms with Crippen molar-refractivity contribution in [2.75, 3.05) is 0 Å². The van der Waals surface area contributed by atoms with Gasteiger partial charge in [-0.3, -0.25) is 8.68 Å². The molecule has 0 fully saturated rings. The van der Waals surface area contributed by atoms with Gasteiger partial charge in [0.05, 0.1) is 0 Å². The van der Waals surface area contributed by atoms with Crippen molar-refractivity contribution < 1.29 is 4.52 Å². The maximum atomic E-state index is 6.09. The summed E-state index contributed by atoms with van der Waals surface area (Å²) in [4.78, 5) is 0. The molecular weight excluding hydrogens is 243 g/mol. The molecule has 0 aliphatic heterocycles. The summed E-state index contributed by atoms with van der Waals surface area (Å²) < 4.78 is 10.3. The maximum absolute atomic E-state index is 6.09. The standard InChI is InChI=1S/C14H13N2OP/c1-2-8-14(9-3-1)17-18(15-10-4-5-11-15)16-12-6-7-13-16/h1-13H. The second-order valence-electron chi connectivity index (χ2n) is 3.78. The molecular formula is C14H13N2OP. The van der Waals surface area contributed by atoms with Crippen molar-refractivity contribution in [2.24, 2.45) is 0 Å². The van der Waals surface area contributed by atoms with Crippen molar-refractivity contribution in [3.63, 3.8) is 0 Å². The van der Waals surface area contributed by atoms with Crippen LogP contribution in [0.15, 0.2) is 79.4 Å². The molecule has 90 valence electrons. The van der Waals surface area contributed by atoms with E-state index in [1.165, 1.54) is 0 Å². The SMILES string of the molecule is c1ccc(OP(n2cccc2)n2cccc2)cc1. The average molecular weight is 256 g/mol. The number of benzene rings is 1.